The fourth-order valence-electron chi connectivity index (χ4n) is 2.09. The van der Waals surface area contributed by atoms with Crippen LogP contribution in [0.4, 0.5) is 5.69 Å². The normalized spacial score (nSPS) is 11.3. The van der Waals surface area contributed by atoms with Crippen LogP contribution in [-0.2, 0) is 9.53 Å². The Morgan fingerprint density at radius 1 is 1.19 bits per heavy atom. The molecule has 0 unspecified atom stereocenters. The molecule has 1 rings (SSSR count). The maximum absolute atomic E-state index is 10.9. The SMILES string of the molecule is COC(=O)CCCCCN=C(N)Nc1cc(C)cc(C)c1. The van der Waals surface area contributed by atoms with E-state index in [1.54, 1.807) is 0 Å². The third kappa shape index (κ3) is 7.34. The molecule has 1 aromatic rings. The number of benzene rings is 1. The van der Waals surface area contributed by atoms with Crippen LogP contribution in [0.1, 0.15) is 36.8 Å². The van der Waals surface area contributed by atoms with Crippen molar-refractivity contribution in [2.45, 2.75) is 39.5 Å². The minimum atomic E-state index is -0.158. The van der Waals surface area contributed by atoms with Gasteiger partial charge in [-0.3, -0.25) is 9.79 Å². The highest BCUT2D eigenvalue weighted by atomic mass is 16.5. The van der Waals surface area contributed by atoms with Crippen LogP contribution >= 0.6 is 0 Å². The highest BCUT2D eigenvalue weighted by molar-refractivity contribution is 5.92. The number of nitrogens with zero attached hydrogens (tertiary/aromatic N) is 1. The summed E-state index contributed by atoms with van der Waals surface area (Å²) in [5.41, 5.74) is 9.19. The van der Waals surface area contributed by atoms with Crippen LogP contribution in [0.25, 0.3) is 0 Å². The van der Waals surface area contributed by atoms with E-state index in [0.717, 1.165) is 24.9 Å². The Morgan fingerprint density at radius 3 is 2.48 bits per heavy atom. The first kappa shape index (κ1) is 17.0. The summed E-state index contributed by atoms with van der Waals surface area (Å²) < 4.78 is 4.58. The molecule has 0 radical (unpaired) electrons. The fraction of sp³-hybridized carbons (Fsp3) is 0.500. The minimum absolute atomic E-state index is 0.158. The molecule has 0 aliphatic carbocycles. The lowest BCUT2D eigenvalue weighted by Gasteiger charge is -2.08. The number of rotatable bonds is 7. The van der Waals surface area contributed by atoms with E-state index in [1.807, 2.05) is 26.0 Å². The molecule has 0 heterocycles. The molecule has 0 atom stereocenters. The van der Waals surface area contributed by atoms with Crippen LogP contribution in [-0.4, -0.2) is 25.6 Å². The molecule has 0 spiro atoms. The molecule has 3 N–H and O–H groups in total. The van der Waals surface area contributed by atoms with Crippen molar-refractivity contribution < 1.29 is 9.53 Å². The minimum Gasteiger partial charge on any atom is -0.469 e. The van der Waals surface area contributed by atoms with Crippen LogP contribution in [0.15, 0.2) is 23.2 Å². The molecular weight excluding hydrogens is 266 g/mol. The molecular formula is C16H25N3O2. The molecule has 0 aliphatic heterocycles. The van der Waals surface area contributed by atoms with Crippen molar-refractivity contribution in [3.05, 3.63) is 29.3 Å². The molecule has 0 aromatic heterocycles. The third-order valence-corrected chi connectivity index (χ3v) is 3.04. The van der Waals surface area contributed by atoms with Gasteiger partial charge in [-0.1, -0.05) is 12.5 Å². The van der Waals surface area contributed by atoms with Crippen LogP contribution in [0.5, 0.6) is 0 Å². The van der Waals surface area contributed by atoms with Crippen molar-refractivity contribution in [1.82, 2.24) is 0 Å². The van der Waals surface area contributed by atoms with Crippen LogP contribution in [0.3, 0.4) is 0 Å². The third-order valence-electron chi connectivity index (χ3n) is 3.04. The molecule has 5 nitrogen and oxygen atoms in total. The van der Waals surface area contributed by atoms with E-state index in [-0.39, 0.29) is 5.97 Å². The number of carbonyl (C=O) groups is 1. The smallest absolute Gasteiger partial charge is 0.305 e. The first-order valence-electron chi connectivity index (χ1n) is 7.23. The zero-order chi connectivity index (χ0) is 15.7. The number of esters is 1. The number of carbonyl (C=O) groups excluding carboxylic acids is 1. The van der Waals surface area contributed by atoms with Gasteiger partial charge in [-0.25, -0.2) is 0 Å². The largest absolute Gasteiger partial charge is 0.469 e. The lowest BCUT2D eigenvalue weighted by Crippen LogP contribution is -2.23. The number of ether oxygens (including phenoxy) is 1. The number of nitrogens with two attached hydrogens (primary N) is 1. The van der Waals surface area contributed by atoms with Gasteiger partial charge in [-0.15, -0.1) is 0 Å². The lowest BCUT2D eigenvalue weighted by molar-refractivity contribution is -0.140. The number of hydrogen-bond acceptors (Lipinski definition) is 3. The highest BCUT2D eigenvalue weighted by Crippen LogP contribution is 2.13. The van der Waals surface area contributed by atoms with E-state index in [9.17, 15) is 4.79 Å². The molecule has 0 bridgehead atoms. The summed E-state index contributed by atoms with van der Waals surface area (Å²) in [4.78, 5) is 15.2. The summed E-state index contributed by atoms with van der Waals surface area (Å²) in [6.45, 7) is 4.75. The van der Waals surface area contributed by atoms with Gasteiger partial charge in [-0.05, 0) is 49.9 Å². The highest BCUT2D eigenvalue weighted by Gasteiger charge is 2.00. The van der Waals surface area contributed by atoms with Crippen molar-refractivity contribution in [2.24, 2.45) is 10.7 Å². The lowest BCUT2D eigenvalue weighted by atomic mass is 10.1. The quantitative estimate of drug-likeness (QED) is 0.350. The maximum Gasteiger partial charge on any atom is 0.305 e. The van der Waals surface area contributed by atoms with Gasteiger partial charge in [0, 0.05) is 18.7 Å². The zero-order valence-corrected chi connectivity index (χ0v) is 13.1. The number of hydrogen-bond donors (Lipinski definition) is 2. The monoisotopic (exact) mass is 291 g/mol. The Kier molecular flexibility index (Phi) is 7.29. The van der Waals surface area contributed by atoms with Gasteiger partial charge >= 0.3 is 5.97 Å². The van der Waals surface area contributed by atoms with E-state index in [4.69, 9.17) is 5.73 Å². The van der Waals surface area contributed by atoms with Gasteiger partial charge in [0.2, 0.25) is 0 Å². The second kappa shape index (κ2) is 9.00. The number of guanidine groups is 1. The van der Waals surface area contributed by atoms with Gasteiger partial charge in [0.25, 0.3) is 0 Å². The molecule has 1 aromatic carbocycles. The van der Waals surface area contributed by atoms with Gasteiger partial charge in [0.05, 0.1) is 7.11 Å². The first-order chi connectivity index (χ1) is 10.0. The molecule has 0 saturated heterocycles. The summed E-state index contributed by atoms with van der Waals surface area (Å²) in [7, 11) is 1.41. The number of methoxy groups -OCH3 is 1. The van der Waals surface area contributed by atoms with Gasteiger partial charge < -0.3 is 15.8 Å². The van der Waals surface area contributed by atoms with E-state index in [2.05, 4.69) is 21.1 Å². The van der Waals surface area contributed by atoms with E-state index >= 15 is 0 Å². The average Bonchev–Trinajstić information content (AvgIpc) is 2.41. The van der Waals surface area contributed by atoms with Crippen LogP contribution in [0.2, 0.25) is 0 Å². The van der Waals surface area contributed by atoms with Crippen molar-refractivity contribution in [1.29, 1.82) is 0 Å². The van der Waals surface area contributed by atoms with Crippen molar-refractivity contribution in [2.75, 3.05) is 19.0 Å². The maximum atomic E-state index is 10.9. The predicted molar refractivity (Wildman–Crippen MR) is 86.5 cm³/mol. The summed E-state index contributed by atoms with van der Waals surface area (Å²) >= 11 is 0. The molecule has 0 amide bonds. The molecule has 5 heteroatoms. The summed E-state index contributed by atoms with van der Waals surface area (Å²) in [6.07, 6.45) is 3.14. The van der Waals surface area contributed by atoms with E-state index in [0.29, 0.717) is 18.9 Å². The zero-order valence-electron chi connectivity index (χ0n) is 13.1. The van der Waals surface area contributed by atoms with Gasteiger partial charge in [-0.2, -0.15) is 0 Å². The van der Waals surface area contributed by atoms with E-state index in [1.165, 1.54) is 18.2 Å². The van der Waals surface area contributed by atoms with Gasteiger partial charge in [0.15, 0.2) is 5.96 Å². The van der Waals surface area contributed by atoms with Crippen molar-refractivity contribution in [3.63, 3.8) is 0 Å². The standard InChI is InChI=1S/C16H25N3O2/c1-12-9-13(2)11-14(10-12)19-16(17)18-8-6-4-5-7-15(20)21-3/h9-11H,4-8H2,1-3H3,(H3,17,18,19). The first-order valence-corrected chi connectivity index (χ1v) is 7.23. The Bertz CT molecular complexity index is 478. The summed E-state index contributed by atoms with van der Waals surface area (Å²) in [6, 6.07) is 6.18. The number of aryl methyl sites for hydroxylation is 2. The molecule has 21 heavy (non-hydrogen) atoms. The average molecular weight is 291 g/mol. The Hall–Kier alpha value is -2.04. The Balaban J connectivity index is 2.28. The molecule has 0 aliphatic rings. The summed E-state index contributed by atoms with van der Waals surface area (Å²) in [5.74, 6) is 0.266. The molecule has 0 fully saturated rings. The second-order valence-electron chi connectivity index (χ2n) is 5.16. The summed E-state index contributed by atoms with van der Waals surface area (Å²) in [5, 5.41) is 3.10. The van der Waals surface area contributed by atoms with Gasteiger partial charge in [0.1, 0.15) is 0 Å². The van der Waals surface area contributed by atoms with Crippen molar-refractivity contribution in [3.8, 4) is 0 Å². The molecule has 116 valence electrons. The topological polar surface area (TPSA) is 76.7 Å². The Labute approximate surface area is 126 Å². The number of aliphatic imine (C=N–C) groups is 1. The Morgan fingerprint density at radius 2 is 1.86 bits per heavy atom. The van der Waals surface area contributed by atoms with Crippen molar-refractivity contribution >= 4 is 17.6 Å². The fourth-order valence-corrected chi connectivity index (χ4v) is 2.09. The predicted octanol–water partition coefficient (Wildman–Crippen LogP) is 2.76. The van der Waals surface area contributed by atoms with Crippen LogP contribution in [0, 0.1) is 13.8 Å². The molecule has 0 saturated carbocycles. The van der Waals surface area contributed by atoms with Crippen LogP contribution < -0.4 is 11.1 Å². The second-order valence-corrected chi connectivity index (χ2v) is 5.16. The number of anilines is 1. The van der Waals surface area contributed by atoms with E-state index < -0.39 is 0 Å². The number of nitrogens with one attached hydrogen (secondary N) is 1. The number of unbranched alkanes of at least 4 members (excludes halogenated alkanes) is 2.